The molecule has 0 aliphatic carbocycles. The Bertz CT molecular complexity index is 500. The number of benzene rings is 1. The Morgan fingerprint density at radius 3 is 2.75 bits per heavy atom. The second kappa shape index (κ2) is 4.18. The van der Waals surface area contributed by atoms with Crippen LogP contribution in [0.25, 0.3) is 10.9 Å². The molecular weight excluding hydrogens is 200 g/mol. The molecule has 2 N–H and O–H groups in total. The maximum atomic E-state index is 9.90. The number of hydrogen-bond donors (Lipinski definition) is 2. The predicted octanol–water partition coefficient (Wildman–Crippen LogP) is 2.29. The molecule has 0 saturated carbocycles. The van der Waals surface area contributed by atoms with Gasteiger partial charge in [0.25, 0.3) is 0 Å². The SMILES string of the molecule is Cc1ccc(O)c2c(CCN(C)C)c[nH]c12. The highest BCUT2D eigenvalue weighted by Crippen LogP contribution is 2.30. The highest BCUT2D eigenvalue weighted by atomic mass is 16.3. The molecule has 0 bridgehead atoms. The van der Waals surface area contributed by atoms with Gasteiger partial charge < -0.3 is 15.0 Å². The number of H-pyrrole nitrogens is 1. The van der Waals surface area contributed by atoms with Gasteiger partial charge in [0.15, 0.2) is 0 Å². The maximum absolute atomic E-state index is 9.90. The number of likely N-dealkylation sites (N-methyl/N-ethyl adjacent to an activating group) is 1. The number of nitrogens with one attached hydrogen (secondary N) is 1. The van der Waals surface area contributed by atoms with Crippen molar-refractivity contribution >= 4 is 10.9 Å². The van der Waals surface area contributed by atoms with Crippen LogP contribution < -0.4 is 0 Å². The van der Waals surface area contributed by atoms with Gasteiger partial charge >= 0.3 is 0 Å². The van der Waals surface area contributed by atoms with Crippen LogP contribution in [-0.4, -0.2) is 35.6 Å². The third kappa shape index (κ3) is 1.91. The molecule has 0 aliphatic heterocycles. The van der Waals surface area contributed by atoms with E-state index in [1.165, 1.54) is 11.1 Å². The van der Waals surface area contributed by atoms with E-state index in [0.29, 0.717) is 5.75 Å². The number of rotatable bonds is 3. The Kier molecular flexibility index (Phi) is 2.88. The van der Waals surface area contributed by atoms with Crippen molar-refractivity contribution in [1.82, 2.24) is 9.88 Å². The van der Waals surface area contributed by atoms with Crippen LogP contribution in [0.4, 0.5) is 0 Å². The number of aromatic amines is 1. The van der Waals surface area contributed by atoms with E-state index in [4.69, 9.17) is 0 Å². The zero-order valence-electron chi connectivity index (χ0n) is 10.0. The third-order valence-electron chi connectivity index (χ3n) is 2.93. The Morgan fingerprint density at radius 1 is 1.31 bits per heavy atom. The number of aromatic hydroxyl groups is 1. The van der Waals surface area contributed by atoms with E-state index < -0.39 is 0 Å². The summed E-state index contributed by atoms with van der Waals surface area (Å²) < 4.78 is 0. The molecule has 1 aromatic carbocycles. The molecule has 3 nitrogen and oxygen atoms in total. The number of fused-ring (bicyclic) bond motifs is 1. The summed E-state index contributed by atoms with van der Waals surface area (Å²) >= 11 is 0. The van der Waals surface area contributed by atoms with Gasteiger partial charge in [-0.05, 0) is 44.6 Å². The monoisotopic (exact) mass is 218 g/mol. The fourth-order valence-corrected chi connectivity index (χ4v) is 1.98. The average molecular weight is 218 g/mol. The molecule has 1 aromatic heterocycles. The van der Waals surface area contributed by atoms with Crippen LogP contribution in [0.5, 0.6) is 5.75 Å². The first-order valence-corrected chi connectivity index (χ1v) is 5.53. The summed E-state index contributed by atoms with van der Waals surface area (Å²) in [6, 6.07) is 3.70. The van der Waals surface area contributed by atoms with E-state index in [2.05, 4.69) is 24.0 Å². The van der Waals surface area contributed by atoms with Crippen LogP contribution in [0, 0.1) is 6.92 Å². The highest BCUT2D eigenvalue weighted by Gasteiger charge is 2.09. The lowest BCUT2D eigenvalue weighted by molar-refractivity contribution is 0.414. The number of phenolic OH excluding ortho intramolecular Hbond substituents is 1. The molecule has 2 rings (SSSR count). The molecule has 0 amide bonds. The second-order valence-corrected chi connectivity index (χ2v) is 4.52. The van der Waals surface area contributed by atoms with Crippen LogP contribution in [0.3, 0.4) is 0 Å². The van der Waals surface area contributed by atoms with Gasteiger partial charge in [-0.1, -0.05) is 6.07 Å². The van der Waals surface area contributed by atoms with Crippen molar-refractivity contribution in [1.29, 1.82) is 0 Å². The van der Waals surface area contributed by atoms with E-state index in [1.54, 1.807) is 6.07 Å². The van der Waals surface area contributed by atoms with E-state index >= 15 is 0 Å². The Labute approximate surface area is 95.7 Å². The minimum Gasteiger partial charge on any atom is -0.507 e. The van der Waals surface area contributed by atoms with E-state index in [1.807, 2.05) is 19.2 Å². The van der Waals surface area contributed by atoms with Crippen molar-refractivity contribution in [3.63, 3.8) is 0 Å². The van der Waals surface area contributed by atoms with Gasteiger partial charge in [0, 0.05) is 18.1 Å². The second-order valence-electron chi connectivity index (χ2n) is 4.52. The molecule has 16 heavy (non-hydrogen) atoms. The van der Waals surface area contributed by atoms with Gasteiger partial charge in [-0.15, -0.1) is 0 Å². The van der Waals surface area contributed by atoms with Gasteiger partial charge in [0.1, 0.15) is 5.75 Å². The quantitative estimate of drug-likeness (QED) is 0.829. The van der Waals surface area contributed by atoms with Crippen molar-refractivity contribution in [3.8, 4) is 5.75 Å². The summed E-state index contributed by atoms with van der Waals surface area (Å²) in [6.45, 7) is 3.04. The molecule has 0 atom stereocenters. The maximum Gasteiger partial charge on any atom is 0.125 e. The Balaban J connectivity index is 2.43. The zero-order valence-corrected chi connectivity index (χ0v) is 10.0. The van der Waals surface area contributed by atoms with Crippen molar-refractivity contribution in [2.75, 3.05) is 20.6 Å². The first-order chi connectivity index (χ1) is 7.59. The lowest BCUT2D eigenvalue weighted by atomic mass is 10.1. The van der Waals surface area contributed by atoms with Crippen LogP contribution >= 0.6 is 0 Å². The van der Waals surface area contributed by atoms with Crippen LogP contribution in [-0.2, 0) is 6.42 Å². The Morgan fingerprint density at radius 2 is 2.06 bits per heavy atom. The molecule has 0 spiro atoms. The number of phenols is 1. The van der Waals surface area contributed by atoms with Crippen molar-refractivity contribution in [2.24, 2.45) is 0 Å². The topological polar surface area (TPSA) is 39.3 Å². The lowest BCUT2D eigenvalue weighted by Gasteiger charge is -2.08. The summed E-state index contributed by atoms with van der Waals surface area (Å²) in [5.41, 5.74) is 3.41. The van der Waals surface area contributed by atoms with Gasteiger partial charge in [-0.2, -0.15) is 0 Å². The molecule has 2 aromatic rings. The summed E-state index contributed by atoms with van der Waals surface area (Å²) in [7, 11) is 4.11. The first kappa shape index (κ1) is 11.0. The smallest absolute Gasteiger partial charge is 0.125 e. The standard InChI is InChI=1S/C13H18N2O/c1-9-4-5-11(16)12-10(6-7-15(2)3)8-14-13(9)12/h4-5,8,14,16H,6-7H2,1-3H3. The zero-order chi connectivity index (χ0) is 11.7. The van der Waals surface area contributed by atoms with Crippen LogP contribution in [0.15, 0.2) is 18.3 Å². The van der Waals surface area contributed by atoms with Crippen LogP contribution in [0.1, 0.15) is 11.1 Å². The normalized spacial score (nSPS) is 11.5. The molecule has 0 aliphatic rings. The molecular formula is C13H18N2O. The summed E-state index contributed by atoms with van der Waals surface area (Å²) in [4.78, 5) is 5.39. The molecule has 1 heterocycles. The van der Waals surface area contributed by atoms with Crippen molar-refractivity contribution in [2.45, 2.75) is 13.3 Å². The number of aromatic nitrogens is 1. The minimum absolute atomic E-state index is 0.371. The average Bonchev–Trinajstić information content (AvgIpc) is 2.65. The lowest BCUT2D eigenvalue weighted by Crippen LogP contribution is -2.14. The number of aryl methyl sites for hydroxylation is 1. The predicted molar refractivity (Wildman–Crippen MR) is 67.0 cm³/mol. The molecule has 0 saturated heterocycles. The molecule has 0 fully saturated rings. The summed E-state index contributed by atoms with van der Waals surface area (Å²) in [5.74, 6) is 0.371. The molecule has 3 heteroatoms. The number of nitrogens with zero attached hydrogens (tertiary/aromatic N) is 1. The molecule has 0 radical (unpaired) electrons. The van der Waals surface area contributed by atoms with Gasteiger partial charge in [0.2, 0.25) is 0 Å². The minimum atomic E-state index is 0.371. The van der Waals surface area contributed by atoms with Gasteiger partial charge in [-0.25, -0.2) is 0 Å². The van der Waals surface area contributed by atoms with E-state index in [9.17, 15) is 5.11 Å². The highest BCUT2D eigenvalue weighted by molar-refractivity contribution is 5.91. The largest absolute Gasteiger partial charge is 0.507 e. The van der Waals surface area contributed by atoms with Gasteiger partial charge in [0.05, 0.1) is 5.52 Å². The van der Waals surface area contributed by atoms with Crippen molar-refractivity contribution in [3.05, 3.63) is 29.5 Å². The third-order valence-corrected chi connectivity index (χ3v) is 2.93. The summed E-state index contributed by atoms with van der Waals surface area (Å²) in [6.07, 6.45) is 2.95. The molecule has 86 valence electrons. The fourth-order valence-electron chi connectivity index (χ4n) is 1.98. The summed E-state index contributed by atoms with van der Waals surface area (Å²) in [5, 5.41) is 10.9. The van der Waals surface area contributed by atoms with Crippen molar-refractivity contribution < 1.29 is 5.11 Å². The van der Waals surface area contributed by atoms with E-state index in [-0.39, 0.29) is 0 Å². The molecule has 0 unspecified atom stereocenters. The number of hydrogen-bond acceptors (Lipinski definition) is 2. The fraction of sp³-hybridized carbons (Fsp3) is 0.385. The van der Waals surface area contributed by atoms with E-state index in [0.717, 1.165) is 23.9 Å². The van der Waals surface area contributed by atoms with Gasteiger partial charge in [-0.3, -0.25) is 0 Å². The van der Waals surface area contributed by atoms with Crippen LogP contribution in [0.2, 0.25) is 0 Å². The first-order valence-electron chi connectivity index (χ1n) is 5.53. The Hall–Kier alpha value is -1.48.